The maximum absolute atomic E-state index is 11.4. The Balaban J connectivity index is 2.27. The van der Waals surface area contributed by atoms with Gasteiger partial charge in [-0.2, -0.15) is 4.98 Å². The zero-order valence-corrected chi connectivity index (χ0v) is 13.0. The van der Waals surface area contributed by atoms with Crippen molar-refractivity contribution in [1.82, 2.24) is 15.5 Å². The predicted molar refractivity (Wildman–Crippen MR) is 78.0 cm³/mol. The fraction of sp³-hybridized carbons (Fsp3) is 0.571. The highest BCUT2D eigenvalue weighted by atomic mass is 16.5. The lowest BCUT2D eigenvalue weighted by molar-refractivity contribution is -0.139. The maximum atomic E-state index is 11.4. The van der Waals surface area contributed by atoms with Crippen LogP contribution in [-0.2, 0) is 20.7 Å². The summed E-state index contributed by atoms with van der Waals surface area (Å²) < 4.78 is 10.6. The highest BCUT2D eigenvalue weighted by molar-refractivity contribution is 5.84. The lowest BCUT2D eigenvalue weighted by atomic mass is 9.98. The fourth-order valence-corrected chi connectivity index (χ4v) is 2.28. The Bertz CT molecular complexity index is 612. The van der Waals surface area contributed by atoms with Gasteiger partial charge in [-0.25, -0.2) is 4.79 Å². The molecule has 2 heterocycles. The molecular weight excluding hydrogens is 304 g/mol. The number of aryl methyl sites for hydroxylation is 1. The predicted octanol–water partition coefficient (Wildman–Crippen LogP) is 0.284. The number of unbranched alkanes of at least 4 members (excludes halogenated alkanes) is 1. The van der Waals surface area contributed by atoms with Gasteiger partial charge in [-0.15, -0.1) is 0 Å². The lowest BCUT2D eigenvalue weighted by Gasteiger charge is -2.32. The highest BCUT2D eigenvalue weighted by Crippen LogP contribution is 2.29. The molecule has 1 aromatic rings. The van der Waals surface area contributed by atoms with E-state index in [1.54, 1.807) is 0 Å². The number of carbonyl (C=O) groups is 2. The summed E-state index contributed by atoms with van der Waals surface area (Å²) in [6, 6.07) is -1.45. The first kappa shape index (κ1) is 16.9. The molecule has 126 valence electrons. The third-order valence-electron chi connectivity index (χ3n) is 3.40. The van der Waals surface area contributed by atoms with E-state index in [1.807, 2.05) is 6.92 Å². The number of nitrogens with one attached hydrogen (secondary N) is 1. The van der Waals surface area contributed by atoms with Gasteiger partial charge in [0.15, 0.2) is 11.9 Å². The molecule has 0 unspecified atom stereocenters. The number of hydrogen-bond acceptors (Lipinski definition) is 7. The molecule has 0 radical (unpaired) electrons. The van der Waals surface area contributed by atoms with Gasteiger partial charge in [0.25, 0.3) is 5.89 Å². The number of ether oxygens (including phenoxy) is 1. The van der Waals surface area contributed by atoms with Crippen LogP contribution in [0.3, 0.4) is 0 Å². The Labute approximate surface area is 132 Å². The Hall–Kier alpha value is -2.42. The first-order chi connectivity index (χ1) is 10.9. The molecule has 0 fully saturated rings. The first-order valence-electron chi connectivity index (χ1n) is 7.39. The molecule has 0 aromatic carbocycles. The molecule has 2 rings (SSSR count). The molecule has 9 nitrogen and oxygen atoms in total. The van der Waals surface area contributed by atoms with Crippen LogP contribution in [0.1, 0.15) is 44.5 Å². The Morgan fingerprint density at radius 3 is 2.83 bits per heavy atom. The molecule has 23 heavy (non-hydrogen) atoms. The largest absolute Gasteiger partial charge is 0.475 e. The maximum Gasteiger partial charge on any atom is 0.370 e. The summed E-state index contributed by atoms with van der Waals surface area (Å²) >= 11 is 0. The van der Waals surface area contributed by atoms with E-state index in [1.165, 1.54) is 13.0 Å². The molecule has 1 amide bonds. The standard InChI is InChI=1S/C14H20N4O5/c1-3-4-5-10-17-13(23-18-10)12-11(16-7(2)19)8(15)6-9(22-12)14(20)21/h6,8,11-12H,3-5,15H2,1-2H3,(H,16,19)(H,20,21)/t8-,11+,12+/m0/s1. The van der Waals surface area contributed by atoms with Crippen LogP contribution in [0.25, 0.3) is 0 Å². The van der Waals surface area contributed by atoms with E-state index >= 15 is 0 Å². The number of amides is 1. The molecule has 0 saturated heterocycles. The molecular formula is C14H20N4O5. The number of aromatic nitrogens is 2. The third kappa shape index (κ3) is 4.07. The molecule has 1 aromatic heterocycles. The van der Waals surface area contributed by atoms with Crippen molar-refractivity contribution < 1.29 is 24.0 Å². The van der Waals surface area contributed by atoms with E-state index in [9.17, 15) is 9.59 Å². The molecule has 4 N–H and O–H groups in total. The second-order valence-corrected chi connectivity index (χ2v) is 5.33. The Kier molecular flexibility index (Phi) is 5.32. The van der Waals surface area contributed by atoms with Gasteiger partial charge in [0, 0.05) is 13.3 Å². The lowest BCUT2D eigenvalue weighted by Crippen LogP contribution is -2.52. The number of nitrogens with zero attached hydrogens (tertiary/aromatic N) is 2. The minimum atomic E-state index is -1.25. The van der Waals surface area contributed by atoms with Gasteiger partial charge in [-0.1, -0.05) is 18.5 Å². The van der Waals surface area contributed by atoms with Crippen molar-refractivity contribution in [3.8, 4) is 0 Å². The number of aliphatic carboxylic acids is 1. The van der Waals surface area contributed by atoms with Crippen molar-refractivity contribution in [2.45, 2.75) is 51.3 Å². The summed E-state index contributed by atoms with van der Waals surface area (Å²) in [4.78, 5) is 26.7. The quantitative estimate of drug-likeness (QED) is 0.678. The van der Waals surface area contributed by atoms with E-state index < -0.39 is 24.2 Å². The number of carboxylic acid groups (broad SMARTS) is 1. The van der Waals surface area contributed by atoms with Crippen LogP contribution in [0.4, 0.5) is 0 Å². The van der Waals surface area contributed by atoms with Crippen LogP contribution in [-0.4, -0.2) is 39.2 Å². The van der Waals surface area contributed by atoms with Gasteiger partial charge in [-0.05, 0) is 12.5 Å². The van der Waals surface area contributed by atoms with Crippen LogP contribution in [0.2, 0.25) is 0 Å². The van der Waals surface area contributed by atoms with Gasteiger partial charge in [0.05, 0.1) is 12.1 Å². The van der Waals surface area contributed by atoms with E-state index in [2.05, 4.69) is 15.5 Å². The summed E-state index contributed by atoms with van der Waals surface area (Å²) in [6.45, 7) is 3.38. The topological polar surface area (TPSA) is 141 Å². The summed E-state index contributed by atoms with van der Waals surface area (Å²) in [7, 11) is 0. The van der Waals surface area contributed by atoms with Gasteiger partial charge in [0.1, 0.15) is 0 Å². The Morgan fingerprint density at radius 2 is 2.22 bits per heavy atom. The zero-order valence-electron chi connectivity index (χ0n) is 13.0. The minimum Gasteiger partial charge on any atom is -0.475 e. The molecule has 1 aliphatic heterocycles. The number of nitrogens with two attached hydrogens (primary N) is 1. The first-order valence-corrected chi connectivity index (χ1v) is 7.39. The van der Waals surface area contributed by atoms with Crippen molar-refractivity contribution in [2.75, 3.05) is 0 Å². The summed E-state index contributed by atoms with van der Waals surface area (Å²) in [5, 5.41) is 15.6. The molecule has 0 saturated carbocycles. The number of carbonyl (C=O) groups excluding carboxylic acids is 1. The van der Waals surface area contributed by atoms with E-state index in [4.69, 9.17) is 20.1 Å². The smallest absolute Gasteiger partial charge is 0.370 e. The minimum absolute atomic E-state index is 0.0946. The van der Waals surface area contributed by atoms with E-state index in [0.717, 1.165) is 12.8 Å². The molecule has 3 atom stereocenters. The SMILES string of the molecule is CCCCc1noc([C@@H]2OC(C(=O)O)=C[C@H](N)[C@H]2NC(C)=O)n1. The molecule has 0 spiro atoms. The van der Waals surface area contributed by atoms with Crippen LogP contribution in [0, 0.1) is 0 Å². The second-order valence-electron chi connectivity index (χ2n) is 5.33. The highest BCUT2D eigenvalue weighted by Gasteiger charge is 2.40. The van der Waals surface area contributed by atoms with Gasteiger partial charge >= 0.3 is 5.97 Å². The van der Waals surface area contributed by atoms with Crippen molar-refractivity contribution >= 4 is 11.9 Å². The Morgan fingerprint density at radius 1 is 1.48 bits per heavy atom. The van der Waals surface area contributed by atoms with Crippen LogP contribution in [0.15, 0.2) is 16.4 Å². The van der Waals surface area contributed by atoms with Crippen molar-refractivity contribution in [3.05, 3.63) is 23.6 Å². The van der Waals surface area contributed by atoms with Gasteiger partial charge < -0.3 is 25.4 Å². The van der Waals surface area contributed by atoms with Crippen molar-refractivity contribution in [2.24, 2.45) is 5.73 Å². The fourth-order valence-electron chi connectivity index (χ4n) is 2.28. The number of hydrogen-bond donors (Lipinski definition) is 3. The number of rotatable bonds is 6. The molecule has 0 bridgehead atoms. The van der Waals surface area contributed by atoms with Gasteiger partial charge in [0.2, 0.25) is 11.7 Å². The summed E-state index contributed by atoms with van der Waals surface area (Å²) in [5.41, 5.74) is 5.95. The van der Waals surface area contributed by atoms with Gasteiger partial charge in [-0.3, -0.25) is 4.79 Å². The van der Waals surface area contributed by atoms with E-state index in [0.29, 0.717) is 12.2 Å². The molecule has 1 aliphatic rings. The van der Waals surface area contributed by atoms with Crippen LogP contribution in [0.5, 0.6) is 0 Å². The van der Waals surface area contributed by atoms with Crippen molar-refractivity contribution in [1.29, 1.82) is 0 Å². The average molecular weight is 324 g/mol. The van der Waals surface area contributed by atoms with Crippen LogP contribution < -0.4 is 11.1 Å². The number of carboxylic acids is 1. The summed E-state index contributed by atoms with van der Waals surface area (Å²) in [6.07, 6.45) is 2.82. The second kappa shape index (κ2) is 7.23. The average Bonchev–Trinajstić information content (AvgIpc) is 2.95. The molecule has 0 aliphatic carbocycles. The third-order valence-corrected chi connectivity index (χ3v) is 3.40. The van der Waals surface area contributed by atoms with Crippen molar-refractivity contribution in [3.63, 3.8) is 0 Å². The monoisotopic (exact) mass is 324 g/mol. The van der Waals surface area contributed by atoms with E-state index in [-0.39, 0.29) is 17.6 Å². The summed E-state index contributed by atoms with van der Waals surface area (Å²) in [5.74, 6) is -1.28. The normalized spacial score (nSPS) is 23.8. The zero-order chi connectivity index (χ0) is 17.0. The molecule has 9 heteroatoms. The van der Waals surface area contributed by atoms with Crippen LogP contribution >= 0.6 is 0 Å².